The van der Waals surface area contributed by atoms with Crippen molar-refractivity contribution < 1.29 is 29.0 Å². The van der Waals surface area contributed by atoms with Crippen LogP contribution in [0.15, 0.2) is 57.1 Å². The Balaban J connectivity index is 1.55. The maximum absolute atomic E-state index is 12.2. The molecule has 0 saturated carbocycles. The summed E-state index contributed by atoms with van der Waals surface area (Å²) in [5.41, 5.74) is 1.75. The van der Waals surface area contributed by atoms with E-state index in [2.05, 4.69) is 36.8 Å². The number of benzene rings is 2. The van der Waals surface area contributed by atoms with Crippen molar-refractivity contribution in [2.45, 2.75) is 18.1 Å². The van der Waals surface area contributed by atoms with E-state index in [0.717, 1.165) is 23.7 Å². The summed E-state index contributed by atoms with van der Waals surface area (Å²) in [4.78, 5) is 34.7. The average Bonchev–Trinajstić information content (AvgIpc) is 3.16. The highest BCUT2D eigenvalue weighted by Crippen LogP contribution is 2.36. The van der Waals surface area contributed by atoms with E-state index >= 15 is 0 Å². The van der Waals surface area contributed by atoms with E-state index in [1.165, 1.54) is 13.3 Å². The molecule has 2 aromatic carbocycles. The second kappa shape index (κ2) is 12.9. The zero-order valence-electron chi connectivity index (χ0n) is 18.7. The number of methoxy groups -OCH3 is 1. The van der Waals surface area contributed by atoms with Gasteiger partial charge in [0.1, 0.15) is 5.25 Å². The van der Waals surface area contributed by atoms with Gasteiger partial charge in [-0.3, -0.25) is 14.4 Å². The number of ether oxygens (including phenoxy) is 2. The molecule has 1 atom stereocenters. The topological polar surface area (TPSA) is 139 Å². The van der Waals surface area contributed by atoms with E-state index in [0.29, 0.717) is 28.1 Å². The number of aliphatic carboxylic acids is 1. The van der Waals surface area contributed by atoms with Crippen molar-refractivity contribution in [2.75, 3.05) is 20.3 Å². The lowest BCUT2D eigenvalue weighted by Gasteiger charge is -2.13. The Morgan fingerprint density at radius 3 is 2.77 bits per heavy atom. The molecule has 0 bridgehead atoms. The Labute approximate surface area is 214 Å². The molecule has 1 saturated heterocycles. The molecule has 1 heterocycles. The summed E-state index contributed by atoms with van der Waals surface area (Å²) >= 11 is 4.43. The van der Waals surface area contributed by atoms with Crippen LogP contribution in [0.4, 0.5) is 0 Å². The summed E-state index contributed by atoms with van der Waals surface area (Å²) in [6.07, 6.45) is 1.87. The van der Waals surface area contributed by atoms with Gasteiger partial charge < -0.3 is 25.2 Å². The van der Waals surface area contributed by atoms with E-state index in [9.17, 15) is 14.4 Å². The van der Waals surface area contributed by atoms with Gasteiger partial charge in [-0.2, -0.15) is 5.10 Å². The van der Waals surface area contributed by atoms with Gasteiger partial charge in [-0.25, -0.2) is 0 Å². The minimum atomic E-state index is -1.06. The van der Waals surface area contributed by atoms with Crippen LogP contribution in [0.3, 0.4) is 0 Å². The SMILES string of the molecule is COc1cc(C=NN=C2NC(=O)C(CC(=O)O)S2)cc(Br)c1OCC(=O)NCCc1ccccc1. The highest BCUT2D eigenvalue weighted by atomic mass is 79.9. The first-order valence-electron chi connectivity index (χ1n) is 10.5. The van der Waals surface area contributed by atoms with Gasteiger partial charge in [-0.15, -0.1) is 5.10 Å². The van der Waals surface area contributed by atoms with Gasteiger partial charge in [-0.05, 0) is 45.6 Å². The molecule has 1 aliphatic rings. The fourth-order valence-electron chi connectivity index (χ4n) is 3.03. The summed E-state index contributed by atoms with van der Waals surface area (Å²) in [5.74, 6) is -0.985. The molecular weight excluding hydrogens is 540 g/mol. The predicted octanol–water partition coefficient (Wildman–Crippen LogP) is 2.59. The van der Waals surface area contributed by atoms with E-state index < -0.39 is 17.1 Å². The molecule has 3 N–H and O–H groups in total. The molecule has 12 heteroatoms. The maximum atomic E-state index is 12.2. The molecular formula is C23H23BrN4O6S. The average molecular weight is 563 g/mol. The van der Waals surface area contributed by atoms with Gasteiger partial charge in [0.15, 0.2) is 23.3 Å². The number of thioether (sulfide) groups is 1. The minimum absolute atomic E-state index is 0.181. The van der Waals surface area contributed by atoms with Crippen molar-refractivity contribution >= 4 is 56.9 Å². The van der Waals surface area contributed by atoms with Crippen molar-refractivity contribution in [1.82, 2.24) is 10.6 Å². The van der Waals surface area contributed by atoms with Crippen LogP contribution in [-0.4, -0.2) is 59.8 Å². The number of carbonyl (C=O) groups is 3. The Hall–Kier alpha value is -3.38. The number of amidine groups is 1. The third kappa shape index (κ3) is 8.11. The highest BCUT2D eigenvalue weighted by molar-refractivity contribution is 9.10. The molecule has 0 aromatic heterocycles. The van der Waals surface area contributed by atoms with Gasteiger partial charge in [0.05, 0.1) is 24.2 Å². The number of carbonyl (C=O) groups excluding carboxylic acids is 2. The van der Waals surface area contributed by atoms with Gasteiger partial charge in [0.25, 0.3) is 5.91 Å². The number of nitrogens with zero attached hydrogens (tertiary/aromatic N) is 2. The number of amides is 2. The molecule has 0 aliphatic carbocycles. The first-order chi connectivity index (χ1) is 16.9. The largest absolute Gasteiger partial charge is 0.493 e. The molecule has 2 amide bonds. The van der Waals surface area contributed by atoms with Crippen molar-refractivity contribution in [3.05, 3.63) is 58.1 Å². The zero-order valence-corrected chi connectivity index (χ0v) is 21.1. The Bertz CT molecular complexity index is 1140. The highest BCUT2D eigenvalue weighted by Gasteiger charge is 2.32. The Kier molecular flexibility index (Phi) is 9.67. The van der Waals surface area contributed by atoms with Crippen molar-refractivity contribution in [2.24, 2.45) is 10.2 Å². The van der Waals surface area contributed by atoms with Crippen LogP contribution in [-0.2, 0) is 20.8 Å². The second-order valence-corrected chi connectivity index (χ2v) is 9.30. The lowest BCUT2D eigenvalue weighted by molar-refractivity contribution is -0.138. The van der Waals surface area contributed by atoms with Crippen molar-refractivity contribution in [3.63, 3.8) is 0 Å². The van der Waals surface area contributed by atoms with E-state index in [-0.39, 0.29) is 24.1 Å². The first kappa shape index (κ1) is 26.2. The van der Waals surface area contributed by atoms with Crippen molar-refractivity contribution in [3.8, 4) is 11.5 Å². The minimum Gasteiger partial charge on any atom is -0.493 e. The van der Waals surface area contributed by atoms with Crippen LogP contribution >= 0.6 is 27.7 Å². The molecule has 2 aromatic rings. The molecule has 0 radical (unpaired) electrons. The molecule has 184 valence electrons. The first-order valence-corrected chi connectivity index (χ1v) is 12.1. The Morgan fingerprint density at radius 1 is 1.29 bits per heavy atom. The number of hydrogen-bond acceptors (Lipinski definition) is 8. The third-order valence-electron chi connectivity index (χ3n) is 4.67. The van der Waals surface area contributed by atoms with E-state index in [1.807, 2.05) is 30.3 Å². The summed E-state index contributed by atoms with van der Waals surface area (Å²) in [5, 5.41) is 21.5. The number of carboxylic acid groups (broad SMARTS) is 1. The summed E-state index contributed by atoms with van der Waals surface area (Å²) in [6, 6.07) is 13.2. The van der Waals surface area contributed by atoms with Crippen LogP contribution in [0.25, 0.3) is 0 Å². The van der Waals surface area contributed by atoms with Crippen LogP contribution in [0, 0.1) is 0 Å². The summed E-state index contributed by atoms with van der Waals surface area (Å²) < 4.78 is 11.6. The van der Waals surface area contributed by atoms with Gasteiger partial charge in [0.2, 0.25) is 5.91 Å². The fourth-order valence-corrected chi connectivity index (χ4v) is 4.52. The number of hydrogen-bond donors (Lipinski definition) is 3. The van der Waals surface area contributed by atoms with Crippen LogP contribution in [0.2, 0.25) is 0 Å². The number of rotatable bonds is 11. The normalized spacial score (nSPS) is 16.3. The zero-order chi connectivity index (χ0) is 25.2. The Morgan fingerprint density at radius 2 is 2.06 bits per heavy atom. The standard InChI is InChI=1S/C23H23BrN4O6S/c1-33-17-10-15(12-26-28-23-27-22(32)18(35-23)11-20(30)31)9-16(24)21(17)34-13-19(29)25-8-7-14-5-3-2-4-6-14/h2-6,9-10,12,18H,7-8,11,13H2,1H3,(H,25,29)(H,30,31)(H,27,28,32). The van der Waals surface area contributed by atoms with Crippen molar-refractivity contribution in [1.29, 1.82) is 0 Å². The monoisotopic (exact) mass is 562 g/mol. The van der Waals surface area contributed by atoms with Gasteiger partial charge in [0, 0.05) is 6.54 Å². The number of carboxylic acids is 1. The quantitative estimate of drug-likeness (QED) is 0.282. The number of nitrogens with one attached hydrogen (secondary N) is 2. The molecule has 1 unspecified atom stereocenters. The molecule has 1 aliphatic heterocycles. The summed E-state index contributed by atoms with van der Waals surface area (Å²) in [6.45, 7) is 0.317. The smallest absolute Gasteiger partial charge is 0.305 e. The lowest BCUT2D eigenvalue weighted by Crippen LogP contribution is -2.30. The van der Waals surface area contributed by atoms with Crippen LogP contribution in [0.5, 0.6) is 11.5 Å². The molecule has 10 nitrogen and oxygen atoms in total. The maximum Gasteiger partial charge on any atom is 0.305 e. The molecule has 0 spiro atoms. The second-order valence-electron chi connectivity index (χ2n) is 7.25. The van der Waals surface area contributed by atoms with Crippen LogP contribution < -0.4 is 20.1 Å². The fraction of sp³-hybridized carbons (Fsp3) is 0.261. The van der Waals surface area contributed by atoms with Gasteiger partial charge in [-0.1, -0.05) is 42.1 Å². The lowest BCUT2D eigenvalue weighted by atomic mass is 10.1. The third-order valence-corrected chi connectivity index (χ3v) is 6.33. The number of halogens is 1. The van der Waals surface area contributed by atoms with Crippen LogP contribution in [0.1, 0.15) is 17.5 Å². The van der Waals surface area contributed by atoms with E-state index in [4.69, 9.17) is 14.6 Å². The molecule has 35 heavy (non-hydrogen) atoms. The molecule has 1 fully saturated rings. The predicted molar refractivity (Wildman–Crippen MR) is 136 cm³/mol. The van der Waals surface area contributed by atoms with E-state index in [1.54, 1.807) is 12.1 Å². The molecule has 3 rings (SSSR count). The van der Waals surface area contributed by atoms with Gasteiger partial charge >= 0.3 is 5.97 Å². The summed E-state index contributed by atoms with van der Waals surface area (Å²) in [7, 11) is 1.48.